The summed E-state index contributed by atoms with van der Waals surface area (Å²) >= 11 is 0. The van der Waals surface area contributed by atoms with E-state index in [0.29, 0.717) is 17.8 Å². The minimum atomic E-state index is -0.410. The first-order valence-electron chi connectivity index (χ1n) is 7.59. The molecule has 0 bridgehead atoms. The molecule has 1 N–H and O–H groups in total. The molecule has 1 aliphatic heterocycles. The molecule has 1 aliphatic carbocycles. The van der Waals surface area contributed by atoms with Gasteiger partial charge in [-0.2, -0.15) is 0 Å². The number of hydrogen-bond donors (Lipinski definition) is 1. The number of rotatable bonds is 3. The van der Waals surface area contributed by atoms with Gasteiger partial charge >= 0.3 is 0 Å². The third kappa shape index (κ3) is 2.44. The highest BCUT2D eigenvalue weighted by Crippen LogP contribution is 2.49. The van der Waals surface area contributed by atoms with Crippen molar-refractivity contribution < 1.29 is 5.11 Å². The fraction of sp³-hybridized carbons (Fsp3) is 0.647. The van der Waals surface area contributed by atoms with Crippen molar-refractivity contribution in [3.8, 4) is 0 Å². The second-order valence-corrected chi connectivity index (χ2v) is 6.64. The van der Waals surface area contributed by atoms with E-state index in [9.17, 15) is 5.11 Å². The number of likely N-dealkylation sites (tertiary alicyclic amines) is 1. The van der Waals surface area contributed by atoms with Crippen LogP contribution in [0.4, 0.5) is 0 Å². The maximum absolute atomic E-state index is 11.0. The predicted octanol–water partition coefficient (Wildman–Crippen LogP) is 2.92. The molecular weight excluding hydrogens is 234 g/mol. The van der Waals surface area contributed by atoms with Crippen LogP contribution in [0.3, 0.4) is 0 Å². The first-order chi connectivity index (χ1) is 9.10. The van der Waals surface area contributed by atoms with Gasteiger partial charge in [0, 0.05) is 19.6 Å². The summed E-state index contributed by atoms with van der Waals surface area (Å²) < 4.78 is 0. The topological polar surface area (TPSA) is 23.5 Å². The van der Waals surface area contributed by atoms with Gasteiger partial charge in [-0.05, 0) is 36.2 Å². The standard InChI is InChI=1S/C17H25NO/c1-13-10-18(12-15-6-4-3-5-7-15)11-14(2)17(13,19)16-8-9-16/h3-7,13-14,16,19H,8-12H2,1-2H3/t13-,14+,17-. The van der Waals surface area contributed by atoms with E-state index in [1.165, 1.54) is 18.4 Å². The quantitative estimate of drug-likeness (QED) is 0.902. The Labute approximate surface area is 116 Å². The minimum Gasteiger partial charge on any atom is -0.389 e. The van der Waals surface area contributed by atoms with Crippen LogP contribution < -0.4 is 0 Å². The van der Waals surface area contributed by atoms with Crippen LogP contribution >= 0.6 is 0 Å². The lowest BCUT2D eigenvalue weighted by atomic mass is 9.71. The normalized spacial score (nSPS) is 36.4. The van der Waals surface area contributed by atoms with Crippen molar-refractivity contribution in [2.75, 3.05) is 13.1 Å². The van der Waals surface area contributed by atoms with Crippen molar-refractivity contribution in [2.45, 2.75) is 38.8 Å². The Kier molecular flexibility index (Phi) is 3.40. The highest BCUT2D eigenvalue weighted by Gasteiger charge is 2.53. The maximum Gasteiger partial charge on any atom is 0.0750 e. The van der Waals surface area contributed by atoms with Gasteiger partial charge in [0.25, 0.3) is 0 Å². The Morgan fingerprint density at radius 2 is 1.68 bits per heavy atom. The molecule has 0 radical (unpaired) electrons. The molecule has 3 rings (SSSR count). The van der Waals surface area contributed by atoms with Crippen LogP contribution in [0, 0.1) is 17.8 Å². The molecule has 0 unspecified atom stereocenters. The number of benzene rings is 1. The van der Waals surface area contributed by atoms with Crippen LogP contribution in [0.15, 0.2) is 30.3 Å². The summed E-state index contributed by atoms with van der Waals surface area (Å²) in [5, 5.41) is 11.0. The molecule has 1 heterocycles. The van der Waals surface area contributed by atoms with E-state index in [2.05, 4.69) is 49.1 Å². The van der Waals surface area contributed by atoms with Crippen LogP contribution in [0.2, 0.25) is 0 Å². The van der Waals surface area contributed by atoms with Gasteiger partial charge in [0.15, 0.2) is 0 Å². The zero-order valence-corrected chi connectivity index (χ0v) is 12.0. The van der Waals surface area contributed by atoms with Gasteiger partial charge in [-0.15, -0.1) is 0 Å². The molecule has 2 nitrogen and oxygen atoms in total. The van der Waals surface area contributed by atoms with Crippen molar-refractivity contribution in [3.05, 3.63) is 35.9 Å². The zero-order chi connectivity index (χ0) is 13.5. The van der Waals surface area contributed by atoms with Crippen molar-refractivity contribution in [3.63, 3.8) is 0 Å². The fourth-order valence-corrected chi connectivity index (χ4v) is 3.95. The molecule has 1 aromatic carbocycles. The molecule has 104 valence electrons. The number of hydrogen-bond acceptors (Lipinski definition) is 2. The molecule has 2 fully saturated rings. The van der Waals surface area contributed by atoms with Gasteiger partial charge in [0.2, 0.25) is 0 Å². The van der Waals surface area contributed by atoms with E-state index in [-0.39, 0.29) is 0 Å². The lowest BCUT2D eigenvalue weighted by Crippen LogP contribution is -2.57. The second kappa shape index (κ2) is 4.92. The van der Waals surface area contributed by atoms with Gasteiger partial charge in [-0.1, -0.05) is 44.2 Å². The molecule has 0 aromatic heterocycles. The summed E-state index contributed by atoms with van der Waals surface area (Å²) in [6.45, 7) is 7.51. The van der Waals surface area contributed by atoms with Gasteiger partial charge in [-0.3, -0.25) is 4.90 Å². The Morgan fingerprint density at radius 1 is 1.11 bits per heavy atom. The SMILES string of the molecule is C[C@@H]1CN(Cc2ccccc2)C[C@H](C)[C@@]1(O)C1CC1. The average molecular weight is 259 g/mol. The molecule has 0 spiro atoms. The Balaban J connectivity index is 1.68. The van der Waals surface area contributed by atoms with Gasteiger partial charge in [0.1, 0.15) is 0 Å². The summed E-state index contributed by atoms with van der Waals surface area (Å²) in [6, 6.07) is 10.7. The van der Waals surface area contributed by atoms with E-state index in [0.717, 1.165) is 19.6 Å². The maximum atomic E-state index is 11.0. The van der Waals surface area contributed by atoms with Gasteiger partial charge < -0.3 is 5.11 Å². The van der Waals surface area contributed by atoms with Gasteiger partial charge in [-0.25, -0.2) is 0 Å². The smallest absolute Gasteiger partial charge is 0.0750 e. The monoisotopic (exact) mass is 259 g/mol. The molecule has 0 amide bonds. The van der Waals surface area contributed by atoms with Crippen LogP contribution in [0.25, 0.3) is 0 Å². The Hall–Kier alpha value is -0.860. The van der Waals surface area contributed by atoms with Crippen LogP contribution in [0.5, 0.6) is 0 Å². The van der Waals surface area contributed by atoms with Crippen LogP contribution in [0.1, 0.15) is 32.3 Å². The number of nitrogens with zero attached hydrogens (tertiary/aromatic N) is 1. The lowest BCUT2D eigenvalue weighted by Gasteiger charge is -2.48. The van der Waals surface area contributed by atoms with E-state index < -0.39 is 5.60 Å². The second-order valence-electron chi connectivity index (χ2n) is 6.64. The van der Waals surface area contributed by atoms with Crippen molar-refractivity contribution in [1.29, 1.82) is 0 Å². The number of piperidine rings is 1. The van der Waals surface area contributed by atoms with E-state index in [1.807, 2.05) is 0 Å². The molecule has 2 heteroatoms. The summed E-state index contributed by atoms with van der Waals surface area (Å²) in [4.78, 5) is 2.50. The van der Waals surface area contributed by atoms with E-state index >= 15 is 0 Å². The summed E-state index contributed by atoms with van der Waals surface area (Å²) in [6.07, 6.45) is 2.45. The first-order valence-corrected chi connectivity index (χ1v) is 7.59. The third-order valence-electron chi connectivity index (χ3n) is 5.12. The van der Waals surface area contributed by atoms with E-state index in [1.54, 1.807) is 0 Å². The Bertz CT molecular complexity index is 414. The summed E-state index contributed by atoms with van der Waals surface area (Å²) in [7, 11) is 0. The zero-order valence-electron chi connectivity index (χ0n) is 12.0. The number of aliphatic hydroxyl groups is 1. The van der Waals surface area contributed by atoms with Gasteiger partial charge in [0.05, 0.1) is 5.60 Å². The lowest BCUT2D eigenvalue weighted by molar-refractivity contribution is -0.122. The largest absolute Gasteiger partial charge is 0.389 e. The Morgan fingerprint density at radius 3 is 2.21 bits per heavy atom. The molecular formula is C17H25NO. The molecule has 1 aromatic rings. The molecule has 2 aliphatic rings. The van der Waals surface area contributed by atoms with Crippen molar-refractivity contribution in [1.82, 2.24) is 4.90 Å². The highest BCUT2D eigenvalue weighted by molar-refractivity contribution is 5.15. The predicted molar refractivity (Wildman–Crippen MR) is 77.7 cm³/mol. The van der Waals surface area contributed by atoms with E-state index in [4.69, 9.17) is 0 Å². The minimum absolute atomic E-state index is 0.382. The highest BCUT2D eigenvalue weighted by atomic mass is 16.3. The average Bonchev–Trinajstić information content (AvgIpc) is 3.21. The van der Waals surface area contributed by atoms with Crippen LogP contribution in [-0.4, -0.2) is 28.7 Å². The molecule has 3 atom stereocenters. The summed E-state index contributed by atoms with van der Waals surface area (Å²) in [5.74, 6) is 1.33. The summed E-state index contributed by atoms with van der Waals surface area (Å²) in [5.41, 5.74) is 0.964. The third-order valence-corrected chi connectivity index (χ3v) is 5.12. The van der Waals surface area contributed by atoms with Crippen LogP contribution in [-0.2, 0) is 6.54 Å². The first kappa shape index (κ1) is 13.1. The molecule has 19 heavy (non-hydrogen) atoms. The van der Waals surface area contributed by atoms with Crippen molar-refractivity contribution >= 4 is 0 Å². The van der Waals surface area contributed by atoms with Crippen molar-refractivity contribution in [2.24, 2.45) is 17.8 Å². The molecule has 1 saturated carbocycles. The fourth-order valence-electron chi connectivity index (χ4n) is 3.95. The molecule has 1 saturated heterocycles.